The van der Waals surface area contributed by atoms with Crippen LogP contribution in [0.1, 0.15) is 116 Å². The molecular weight excluding hydrogens is 877 g/mol. The fraction of sp³-hybridized carbons (Fsp3) is 0.549. The number of esters is 1. The maximum absolute atomic E-state index is 16.5. The van der Waals surface area contributed by atoms with E-state index in [1.807, 2.05) is 102 Å². The molecule has 0 aliphatic carbocycles. The van der Waals surface area contributed by atoms with Crippen molar-refractivity contribution in [2.75, 3.05) is 25.7 Å². The van der Waals surface area contributed by atoms with Crippen LogP contribution in [-0.4, -0.2) is 101 Å². The molecule has 0 bridgehead atoms. The lowest BCUT2D eigenvalue weighted by atomic mass is 9.91. The number of thiol groups is 2. The molecule has 364 valence electrons. The van der Waals surface area contributed by atoms with Crippen LogP contribution in [0, 0.1) is 25.7 Å². The number of amides is 4. The fourth-order valence-electron chi connectivity index (χ4n) is 7.86. The first-order valence-electron chi connectivity index (χ1n) is 22.5. The number of carbonyl (C=O) groups excluding carboxylic acids is 5. The molecule has 0 radical (unpaired) electrons. The number of methoxy groups -OCH3 is 2. The van der Waals surface area contributed by atoms with E-state index in [1.165, 1.54) is 23.8 Å². The third kappa shape index (κ3) is 15.1. The van der Waals surface area contributed by atoms with E-state index >= 15 is 14.4 Å². The Morgan fingerprint density at radius 1 is 0.667 bits per heavy atom. The van der Waals surface area contributed by atoms with E-state index in [9.17, 15) is 9.59 Å². The molecule has 66 heavy (non-hydrogen) atoms. The Morgan fingerprint density at radius 2 is 1.24 bits per heavy atom. The molecule has 0 saturated heterocycles. The fourth-order valence-corrected chi connectivity index (χ4v) is 8.60. The van der Waals surface area contributed by atoms with Crippen molar-refractivity contribution in [2.24, 2.45) is 11.8 Å². The number of hydrogen-bond acceptors (Lipinski definition) is 11. The Morgan fingerprint density at radius 3 is 1.74 bits per heavy atom. The first kappa shape index (κ1) is 55.4. The lowest BCUT2D eigenvalue weighted by molar-refractivity contribution is -0.161. The van der Waals surface area contributed by atoms with Crippen molar-refractivity contribution in [3.8, 4) is 11.5 Å². The van der Waals surface area contributed by atoms with Gasteiger partial charge in [0, 0.05) is 23.5 Å². The summed E-state index contributed by atoms with van der Waals surface area (Å²) < 4.78 is 22.8. The summed E-state index contributed by atoms with van der Waals surface area (Å²) >= 11 is 9.73. The topological polar surface area (TPSA) is 153 Å². The number of alkyl carbamates (subject to hydrolysis) is 1. The molecule has 3 rings (SSSR count). The molecule has 6 atom stereocenters. The predicted octanol–water partition coefficient (Wildman–Crippen LogP) is 8.65. The van der Waals surface area contributed by atoms with Crippen LogP contribution in [-0.2, 0) is 35.1 Å². The van der Waals surface area contributed by atoms with Gasteiger partial charge >= 0.3 is 12.1 Å². The highest BCUT2D eigenvalue weighted by Crippen LogP contribution is 2.38. The molecule has 2 unspecified atom stereocenters. The summed E-state index contributed by atoms with van der Waals surface area (Å²) in [4.78, 5) is 77.2. The molecule has 3 aromatic rings. The van der Waals surface area contributed by atoms with Crippen molar-refractivity contribution in [2.45, 2.75) is 144 Å². The van der Waals surface area contributed by atoms with Gasteiger partial charge in [-0.05, 0) is 115 Å². The number of nitrogens with one attached hydrogen (secondary N) is 2. The molecule has 2 N–H and O–H groups in total. The predicted molar refractivity (Wildman–Crippen MR) is 266 cm³/mol. The quantitative estimate of drug-likeness (QED) is 0.0644. The van der Waals surface area contributed by atoms with Crippen LogP contribution in [0.2, 0.25) is 0 Å². The molecule has 0 aliphatic heterocycles. The van der Waals surface area contributed by atoms with Gasteiger partial charge < -0.3 is 39.4 Å². The van der Waals surface area contributed by atoms with E-state index in [4.69, 9.17) is 44.2 Å². The molecule has 0 saturated carbocycles. The van der Waals surface area contributed by atoms with Gasteiger partial charge in [0.1, 0.15) is 46.9 Å². The van der Waals surface area contributed by atoms with Gasteiger partial charge in [-0.15, -0.1) is 0 Å². The van der Waals surface area contributed by atoms with Crippen molar-refractivity contribution < 1.29 is 42.9 Å². The Balaban J connectivity index is 2.51. The number of carbonyl (C=O) groups is 5. The van der Waals surface area contributed by atoms with E-state index in [2.05, 4.69) is 10.6 Å². The highest BCUT2D eigenvalue weighted by Gasteiger charge is 2.47. The minimum atomic E-state index is -1.34. The Hall–Kier alpha value is -4.89. The van der Waals surface area contributed by atoms with Crippen LogP contribution in [0.5, 0.6) is 11.5 Å². The van der Waals surface area contributed by atoms with Crippen LogP contribution in [0.3, 0.4) is 0 Å². The van der Waals surface area contributed by atoms with E-state index in [1.54, 1.807) is 54.7 Å². The summed E-state index contributed by atoms with van der Waals surface area (Å²) in [5.74, 6) is -2.21. The number of nitrogens with zero attached hydrogens (tertiary/aromatic N) is 2. The van der Waals surface area contributed by atoms with Crippen molar-refractivity contribution in [1.29, 1.82) is 0 Å². The maximum atomic E-state index is 16.5. The van der Waals surface area contributed by atoms with Gasteiger partial charge in [0.2, 0.25) is 17.7 Å². The minimum Gasteiger partial charge on any atom is -0.497 e. The third-order valence-electron chi connectivity index (χ3n) is 10.9. The van der Waals surface area contributed by atoms with Crippen LogP contribution >= 0.6 is 25.3 Å². The second kappa shape index (κ2) is 24.2. The van der Waals surface area contributed by atoms with E-state index < -0.39 is 83.2 Å². The first-order chi connectivity index (χ1) is 30.8. The SMILES string of the molecule is COc1ccc(C(CS)N(C(=O)[C@H](Cc2ccccc2)N(C(=O)[C@H](C)NC(=O)OC(C)(C)C)C(CS)c2ccc(C)cc2OC)[C@H](C(=O)N[C@@H](C(=O)OC(C)(C)C)C(C)C)C(C)C)c(C)c1. The maximum Gasteiger partial charge on any atom is 0.408 e. The second-order valence-corrected chi connectivity index (χ2v) is 20.1. The molecule has 13 nitrogen and oxygen atoms in total. The van der Waals surface area contributed by atoms with Gasteiger partial charge in [0.25, 0.3) is 0 Å². The molecule has 0 aromatic heterocycles. The Bertz CT molecular complexity index is 2120. The summed E-state index contributed by atoms with van der Waals surface area (Å²) in [7, 11) is 3.09. The highest BCUT2D eigenvalue weighted by atomic mass is 32.1. The van der Waals surface area contributed by atoms with Crippen molar-refractivity contribution in [3.63, 3.8) is 0 Å². The van der Waals surface area contributed by atoms with Gasteiger partial charge in [-0.3, -0.25) is 14.4 Å². The molecule has 4 amide bonds. The average Bonchev–Trinajstić information content (AvgIpc) is 3.22. The molecular formula is C51H74N4O9S2. The lowest BCUT2D eigenvalue weighted by Gasteiger charge is -2.45. The van der Waals surface area contributed by atoms with E-state index in [-0.39, 0.29) is 23.8 Å². The molecule has 0 aliphatic rings. The second-order valence-electron chi connectivity index (χ2n) is 19.4. The zero-order valence-corrected chi connectivity index (χ0v) is 43.3. The number of ether oxygens (including phenoxy) is 4. The lowest BCUT2D eigenvalue weighted by Crippen LogP contribution is -2.63. The van der Waals surface area contributed by atoms with Gasteiger partial charge in [-0.1, -0.05) is 76.2 Å². The van der Waals surface area contributed by atoms with Gasteiger partial charge in [0.05, 0.1) is 26.3 Å². The largest absolute Gasteiger partial charge is 0.497 e. The van der Waals surface area contributed by atoms with Crippen molar-refractivity contribution in [3.05, 3.63) is 94.5 Å². The molecule has 0 heterocycles. The molecule has 3 aromatic carbocycles. The van der Waals surface area contributed by atoms with E-state index in [0.717, 1.165) is 11.1 Å². The van der Waals surface area contributed by atoms with Crippen LogP contribution in [0.25, 0.3) is 0 Å². The molecule has 0 fully saturated rings. The number of rotatable bonds is 20. The van der Waals surface area contributed by atoms with E-state index in [0.29, 0.717) is 28.2 Å². The van der Waals surface area contributed by atoms with Gasteiger partial charge in [-0.25, -0.2) is 9.59 Å². The Labute approximate surface area is 404 Å². The monoisotopic (exact) mass is 950 g/mol. The molecule has 0 spiro atoms. The van der Waals surface area contributed by atoms with Gasteiger partial charge in [-0.2, -0.15) is 25.3 Å². The summed E-state index contributed by atoms with van der Waals surface area (Å²) in [5.41, 5.74) is 1.94. The zero-order valence-electron chi connectivity index (χ0n) is 41.6. The van der Waals surface area contributed by atoms with Crippen molar-refractivity contribution in [1.82, 2.24) is 20.4 Å². The standard InChI is InChI=1S/C51H74N4O9S2/c1-30(2)43(48(59)63-50(8,9)10)53-45(56)44(31(3)4)55(40(28-65)37-24-22-36(61-14)26-33(37)6)47(58)39(27-35-19-17-16-18-20-35)54(46(57)34(7)52-49(60)64-51(11,12)13)41(29-66)38-23-21-32(5)25-42(38)62-15/h16-26,30-31,34,39-41,43-44,65-66H,27-29H2,1-15H3,(H,52,60)(H,53,56)/t34-,39-,40?,41?,43+,44-/m0/s1. The summed E-state index contributed by atoms with van der Waals surface area (Å²) in [5, 5.41) is 5.68. The highest BCUT2D eigenvalue weighted by molar-refractivity contribution is 7.80. The van der Waals surface area contributed by atoms with Crippen molar-refractivity contribution >= 4 is 55.0 Å². The average molecular weight is 951 g/mol. The molecule has 15 heteroatoms. The Kier molecular flexibility index (Phi) is 20.3. The zero-order chi connectivity index (χ0) is 49.8. The summed E-state index contributed by atoms with van der Waals surface area (Å²) in [6, 6.07) is 13.7. The third-order valence-corrected chi connectivity index (χ3v) is 11.6. The number of hydrogen-bond donors (Lipinski definition) is 4. The van der Waals surface area contributed by atoms with Gasteiger partial charge in [0.15, 0.2) is 0 Å². The number of aryl methyl sites for hydroxylation is 2. The first-order valence-corrected chi connectivity index (χ1v) is 23.8. The minimum absolute atomic E-state index is 0.0145. The van der Waals surface area contributed by atoms with Crippen LogP contribution in [0.4, 0.5) is 4.79 Å². The normalized spacial score (nSPS) is 14.5. The van der Waals surface area contributed by atoms with Crippen LogP contribution in [0.15, 0.2) is 66.7 Å². The summed E-state index contributed by atoms with van der Waals surface area (Å²) in [6.45, 7) is 23.0. The number of benzene rings is 3. The summed E-state index contributed by atoms with van der Waals surface area (Å²) in [6.07, 6.45) is -0.836. The van der Waals surface area contributed by atoms with Crippen LogP contribution < -0.4 is 20.1 Å². The smallest absolute Gasteiger partial charge is 0.408 e.